The maximum absolute atomic E-state index is 9.48. The van der Waals surface area contributed by atoms with Crippen LogP contribution in [0.1, 0.15) is 0 Å². The summed E-state index contributed by atoms with van der Waals surface area (Å²) in [4.78, 5) is 8.06. The van der Waals surface area contributed by atoms with Crippen molar-refractivity contribution < 1.29 is 10.2 Å². The van der Waals surface area contributed by atoms with Crippen LogP contribution in [0.25, 0.3) is 0 Å². The van der Waals surface area contributed by atoms with Crippen molar-refractivity contribution in [2.75, 3.05) is 11.1 Å². The highest BCUT2D eigenvalue weighted by atomic mass is 127. The Bertz CT molecular complexity index is 965. The molecule has 0 saturated heterocycles. The minimum Gasteiger partial charge on any atom is -0.506 e. The second kappa shape index (κ2) is 12.2. The monoisotopic (exact) mass is 500 g/mol. The standard InChI is InChI=1S/C11H10N2O.C6H7NO.C5H4IN/c14-10-6-2-1-5-9(10)13-11-7-3-4-8-12-11;7-5-3-1-2-4-6(5)8;6-5-3-1-2-4-7-5/h1-8,14H,(H,12,13);1-4,8H,7H2;1-4H. The van der Waals surface area contributed by atoms with Crippen LogP contribution in [-0.4, -0.2) is 20.2 Å². The number of para-hydroxylation sites is 4. The minimum absolute atomic E-state index is 0.146. The molecule has 0 atom stereocenters. The van der Waals surface area contributed by atoms with E-state index in [9.17, 15) is 5.11 Å². The van der Waals surface area contributed by atoms with Gasteiger partial charge in [-0.2, -0.15) is 0 Å². The van der Waals surface area contributed by atoms with E-state index in [-0.39, 0.29) is 11.5 Å². The third-order valence-electron chi connectivity index (χ3n) is 3.40. The lowest BCUT2D eigenvalue weighted by Gasteiger charge is -2.06. The molecule has 0 fully saturated rings. The molecule has 7 heteroatoms. The van der Waals surface area contributed by atoms with Crippen LogP contribution in [0.5, 0.6) is 11.5 Å². The molecule has 5 N–H and O–H groups in total. The van der Waals surface area contributed by atoms with Gasteiger partial charge in [-0.1, -0.05) is 36.4 Å². The van der Waals surface area contributed by atoms with E-state index in [1.807, 2.05) is 42.5 Å². The zero-order chi connectivity index (χ0) is 20.9. The van der Waals surface area contributed by atoms with E-state index >= 15 is 0 Å². The van der Waals surface area contributed by atoms with Crippen molar-refractivity contribution in [1.82, 2.24) is 9.97 Å². The Balaban J connectivity index is 0.000000170. The number of phenols is 2. The number of phenolic OH excluding ortho intramolecular Hbond substituents is 2. The largest absolute Gasteiger partial charge is 0.506 e. The van der Waals surface area contributed by atoms with E-state index in [1.165, 1.54) is 0 Å². The molecule has 0 amide bonds. The van der Waals surface area contributed by atoms with Crippen LogP contribution >= 0.6 is 22.6 Å². The van der Waals surface area contributed by atoms with Crippen LogP contribution in [0, 0.1) is 3.70 Å². The topological polar surface area (TPSA) is 104 Å². The number of pyridine rings is 2. The van der Waals surface area contributed by atoms with Crippen molar-refractivity contribution >= 4 is 39.8 Å². The first-order valence-electron chi connectivity index (χ1n) is 8.62. The molecule has 0 aliphatic carbocycles. The third kappa shape index (κ3) is 8.48. The molecule has 4 aromatic rings. The van der Waals surface area contributed by atoms with E-state index < -0.39 is 0 Å². The summed E-state index contributed by atoms with van der Waals surface area (Å²) < 4.78 is 1.04. The van der Waals surface area contributed by atoms with E-state index in [4.69, 9.17) is 10.8 Å². The highest BCUT2D eigenvalue weighted by molar-refractivity contribution is 14.1. The number of nitrogens with two attached hydrogens (primary N) is 1. The van der Waals surface area contributed by atoms with Crippen LogP contribution in [0.2, 0.25) is 0 Å². The van der Waals surface area contributed by atoms with Gasteiger partial charge in [0.15, 0.2) is 0 Å². The summed E-state index contributed by atoms with van der Waals surface area (Å²) in [6.07, 6.45) is 3.48. The van der Waals surface area contributed by atoms with Gasteiger partial charge in [-0.05, 0) is 71.1 Å². The van der Waals surface area contributed by atoms with Crippen molar-refractivity contribution in [2.24, 2.45) is 0 Å². The Labute approximate surface area is 183 Å². The van der Waals surface area contributed by atoms with Gasteiger partial charge in [-0.3, -0.25) is 4.98 Å². The zero-order valence-corrected chi connectivity index (χ0v) is 17.6. The summed E-state index contributed by atoms with van der Waals surface area (Å²) >= 11 is 2.17. The van der Waals surface area contributed by atoms with Gasteiger partial charge in [0.2, 0.25) is 0 Å². The molecule has 0 aliphatic rings. The fraction of sp³-hybridized carbons (Fsp3) is 0. The molecule has 0 aliphatic heterocycles. The second-order valence-electron chi connectivity index (χ2n) is 5.57. The van der Waals surface area contributed by atoms with Gasteiger partial charge < -0.3 is 21.3 Å². The highest BCUT2D eigenvalue weighted by Crippen LogP contribution is 2.24. The van der Waals surface area contributed by atoms with Crippen molar-refractivity contribution in [1.29, 1.82) is 0 Å². The lowest BCUT2D eigenvalue weighted by molar-refractivity contribution is 0.477. The molecule has 0 radical (unpaired) electrons. The molecule has 0 bridgehead atoms. The minimum atomic E-state index is 0.146. The number of nitrogens with zero attached hydrogens (tertiary/aromatic N) is 2. The number of anilines is 3. The summed E-state index contributed by atoms with van der Waals surface area (Å²) in [7, 11) is 0. The summed E-state index contributed by atoms with van der Waals surface area (Å²) in [5.41, 5.74) is 6.35. The first kappa shape index (κ1) is 22.0. The molecule has 0 unspecified atom stereocenters. The van der Waals surface area contributed by atoms with E-state index in [1.54, 1.807) is 54.9 Å². The van der Waals surface area contributed by atoms with Crippen molar-refractivity contribution in [3.05, 3.63) is 101 Å². The predicted octanol–water partition coefficient (Wildman–Crippen LogP) is 5.19. The summed E-state index contributed by atoms with van der Waals surface area (Å²) in [6, 6.07) is 25.2. The third-order valence-corrected chi connectivity index (χ3v) is 4.04. The first-order chi connectivity index (χ1) is 14.1. The fourth-order valence-electron chi connectivity index (χ4n) is 1.98. The summed E-state index contributed by atoms with van der Waals surface area (Å²) in [5.74, 6) is 1.08. The average Bonchev–Trinajstić information content (AvgIpc) is 2.74. The molecule has 2 heterocycles. The molecule has 0 saturated carbocycles. The van der Waals surface area contributed by atoms with Crippen LogP contribution in [-0.2, 0) is 0 Å². The normalized spacial score (nSPS) is 9.28. The molecule has 2 aromatic heterocycles. The SMILES string of the molecule is Ic1ccccn1.Nc1ccccc1O.Oc1ccccc1Nc1ccccn1. The fourth-order valence-corrected chi connectivity index (χ4v) is 2.35. The number of hydrogen-bond donors (Lipinski definition) is 4. The number of benzene rings is 2. The Morgan fingerprint density at radius 3 is 1.72 bits per heavy atom. The number of nitrogens with one attached hydrogen (secondary N) is 1. The van der Waals surface area contributed by atoms with Crippen LogP contribution in [0.4, 0.5) is 17.2 Å². The van der Waals surface area contributed by atoms with Gasteiger partial charge in [0.25, 0.3) is 0 Å². The number of nitrogen functional groups attached to an aromatic ring is 1. The average molecular weight is 500 g/mol. The quantitative estimate of drug-likeness (QED) is 0.131. The van der Waals surface area contributed by atoms with Crippen molar-refractivity contribution in [2.45, 2.75) is 0 Å². The number of rotatable bonds is 2. The highest BCUT2D eigenvalue weighted by Gasteiger charge is 1.99. The zero-order valence-electron chi connectivity index (χ0n) is 15.5. The van der Waals surface area contributed by atoms with Gasteiger partial charge in [0.1, 0.15) is 21.0 Å². The Kier molecular flexibility index (Phi) is 9.23. The maximum Gasteiger partial charge on any atom is 0.139 e. The number of halogens is 1. The van der Waals surface area contributed by atoms with Crippen molar-refractivity contribution in [3.63, 3.8) is 0 Å². The molecule has 2 aromatic carbocycles. The molecule has 6 nitrogen and oxygen atoms in total. The van der Waals surface area contributed by atoms with E-state index in [2.05, 4.69) is 37.9 Å². The lowest BCUT2D eigenvalue weighted by atomic mass is 10.3. The van der Waals surface area contributed by atoms with Gasteiger partial charge in [0, 0.05) is 12.4 Å². The summed E-state index contributed by atoms with van der Waals surface area (Å²) in [5, 5.41) is 21.3. The predicted molar refractivity (Wildman–Crippen MR) is 125 cm³/mol. The number of aromatic nitrogens is 2. The van der Waals surface area contributed by atoms with Gasteiger partial charge >= 0.3 is 0 Å². The van der Waals surface area contributed by atoms with Crippen molar-refractivity contribution in [3.8, 4) is 11.5 Å². The molecule has 0 spiro atoms. The Hall–Kier alpha value is -3.33. The molecule has 29 heavy (non-hydrogen) atoms. The van der Waals surface area contributed by atoms with Gasteiger partial charge in [-0.25, -0.2) is 4.98 Å². The van der Waals surface area contributed by atoms with Gasteiger partial charge in [0.05, 0.1) is 11.4 Å². The molecule has 4 rings (SSSR count). The van der Waals surface area contributed by atoms with Crippen LogP contribution < -0.4 is 11.1 Å². The number of hydrogen-bond acceptors (Lipinski definition) is 6. The van der Waals surface area contributed by atoms with E-state index in [0.717, 1.165) is 3.70 Å². The number of aromatic hydroxyl groups is 2. The van der Waals surface area contributed by atoms with Gasteiger partial charge in [-0.15, -0.1) is 0 Å². The molecular weight excluding hydrogens is 479 g/mol. The Morgan fingerprint density at radius 2 is 1.28 bits per heavy atom. The summed E-state index contributed by atoms with van der Waals surface area (Å²) in [6.45, 7) is 0. The van der Waals surface area contributed by atoms with Crippen LogP contribution in [0.15, 0.2) is 97.3 Å². The second-order valence-corrected chi connectivity index (χ2v) is 6.67. The Morgan fingerprint density at radius 1 is 0.690 bits per heavy atom. The molecular formula is C22H21IN4O2. The van der Waals surface area contributed by atoms with E-state index in [0.29, 0.717) is 17.2 Å². The van der Waals surface area contributed by atoms with Crippen LogP contribution in [0.3, 0.4) is 0 Å². The lowest BCUT2D eigenvalue weighted by Crippen LogP contribution is -1.92. The molecule has 148 valence electrons. The first-order valence-corrected chi connectivity index (χ1v) is 9.70. The smallest absolute Gasteiger partial charge is 0.139 e. The maximum atomic E-state index is 9.48.